The Kier molecular flexibility index (Phi) is 6.24. The Morgan fingerprint density at radius 1 is 1.48 bits per heavy atom. The zero-order valence-corrected chi connectivity index (χ0v) is 12.0. The highest BCUT2D eigenvalue weighted by molar-refractivity contribution is 6.31. The lowest BCUT2D eigenvalue weighted by Crippen LogP contribution is -2.39. The number of carbonyl (C=O) groups is 2. The molecule has 0 aromatic heterocycles. The van der Waals surface area contributed by atoms with Crippen molar-refractivity contribution in [2.24, 2.45) is 0 Å². The van der Waals surface area contributed by atoms with E-state index in [-0.39, 0.29) is 5.57 Å². The molecule has 0 bridgehead atoms. The minimum absolute atomic E-state index is 0.213. The second-order valence-corrected chi connectivity index (χ2v) is 4.58. The molecule has 0 aliphatic rings. The van der Waals surface area contributed by atoms with Crippen LogP contribution in [0.1, 0.15) is 12.5 Å². The predicted octanol–water partition coefficient (Wildman–Crippen LogP) is 1.43. The van der Waals surface area contributed by atoms with E-state index in [9.17, 15) is 9.59 Å². The van der Waals surface area contributed by atoms with Gasteiger partial charge in [0.15, 0.2) is 0 Å². The summed E-state index contributed by atoms with van der Waals surface area (Å²) < 4.78 is 0. The van der Waals surface area contributed by atoms with Gasteiger partial charge in [0.05, 0.1) is 0 Å². The number of benzene rings is 1. The van der Waals surface area contributed by atoms with Gasteiger partial charge >= 0.3 is 5.97 Å². The van der Waals surface area contributed by atoms with Crippen molar-refractivity contribution in [3.05, 3.63) is 46.6 Å². The summed E-state index contributed by atoms with van der Waals surface area (Å²) in [5.74, 6) is -1.93. The van der Waals surface area contributed by atoms with Gasteiger partial charge in [-0.05, 0) is 18.6 Å². The number of nitriles is 1. The van der Waals surface area contributed by atoms with Crippen LogP contribution in [0.15, 0.2) is 36.0 Å². The first-order chi connectivity index (χ1) is 9.95. The van der Waals surface area contributed by atoms with Gasteiger partial charge in [-0.15, -0.1) is 0 Å². The summed E-state index contributed by atoms with van der Waals surface area (Å²) >= 11 is 5.97. The summed E-state index contributed by atoms with van der Waals surface area (Å²) in [4.78, 5) is 22.3. The zero-order valence-electron chi connectivity index (χ0n) is 11.3. The Bertz CT molecular complexity index is 608. The number of halogens is 1. The first-order valence-corrected chi connectivity index (χ1v) is 6.44. The minimum atomic E-state index is -1.18. The second kappa shape index (κ2) is 7.92. The van der Waals surface area contributed by atoms with Crippen LogP contribution < -0.4 is 10.6 Å². The van der Waals surface area contributed by atoms with Crippen molar-refractivity contribution < 1.29 is 14.7 Å². The van der Waals surface area contributed by atoms with E-state index in [0.717, 1.165) is 5.56 Å². The molecule has 0 heterocycles. The average molecular weight is 308 g/mol. The van der Waals surface area contributed by atoms with Crippen LogP contribution in [0.4, 0.5) is 0 Å². The molecule has 3 N–H and O–H groups in total. The lowest BCUT2D eigenvalue weighted by Gasteiger charge is -2.09. The Morgan fingerprint density at radius 2 is 2.14 bits per heavy atom. The van der Waals surface area contributed by atoms with E-state index in [1.165, 1.54) is 13.1 Å². The Morgan fingerprint density at radius 3 is 2.71 bits per heavy atom. The third-order valence-corrected chi connectivity index (χ3v) is 2.95. The fourth-order valence-corrected chi connectivity index (χ4v) is 1.59. The Balaban J connectivity index is 2.64. The standard InChI is InChI=1S/C14H14ClN3O3/c1-9(14(20)21)18-13(19)11(6-16)8-17-7-10-4-2-3-5-12(10)15/h2-5,8-9,17H,7H2,1H3,(H,18,19)(H,20,21)/b11-8-. The fourth-order valence-electron chi connectivity index (χ4n) is 1.39. The molecule has 6 nitrogen and oxygen atoms in total. The Hall–Kier alpha value is -2.52. The van der Waals surface area contributed by atoms with Gasteiger partial charge in [-0.2, -0.15) is 5.26 Å². The molecule has 7 heteroatoms. The van der Waals surface area contributed by atoms with Gasteiger partial charge in [-0.3, -0.25) is 9.59 Å². The molecular weight excluding hydrogens is 294 g/mol. The van der Waals surface area contributed by atoms with E-state index in [2.05, 4.69) is 10.6 Å². The highest BCUT2D eigenvalue weighted by Gasteiger charge is 2.16. The number of hydrogen-bond donors (Lipinski definition) is 3. The van der Waals surface area contributed by atoms with Crippen LogP contribution in [-0.4, -0.2) is 23.0 Å². The first kappa shape index (κ1) is 16.5. The van der Waals surface area contributed by atoms with E-state index < -0.39 is 17.9 Å². The van der Waals surface area contributed by atoms with E-state index in [1.54, 1.807) is 18.2 Å². The van der Waals surface area contributed by atoms with Crippen molar-refractivity contribution in [3.8, 4) is 6.07 Å². The van der Waals surface area contributed by atoms with Crippen LogP contribution >= 0.6 is 11.6 Å². The maximum Gasteiger partial charge on any atom is 0.325 e. The molecular formula is C14H14ClN3O3. The quantitative estimate of drug-likeness (QED) is 0.545. The van der Waals surface area contributed by atoms with Crippen molar-refractivity contribution in [1.29, 1.82) is 5.26 Å². The smallest absolute Gasteiger partial charge is 0.325 e. The maximum absolute atomic E-state index is 11.7. The third-order valence-electron chi connectivity index (χ3n) is 2.58. The number of rotatable bonds is 6. The molecule has 0 radical (unpaired) electrons. The Labute approximate surface area is 127 Å². The number of carboxylic acid groups (broad SMARTS) is 1. The molecule has 21 heavy (non-hydrogen) atoms. The molecule has 1 unspecified atom stereocenters. The molecule has 0 aliphatic heterocycles. The number of carbonyl (C=O) groups excluding carboxylic acids is 1. The molecule has 0 saturated heterocycles. The normalized spacial score (nSPS) is 12.1. The monoisotopic (exact) mass is 307 g/mol. The van der Waals surface area contributed by atoms with Crippen LogP contribution in [0.25, 0.3) is 0 Å². The number of carboxylic acids is 1. The van der Waals surface area contributed by atoms with Gasteiger partial charge in [0, 0.05) is 17.8 Å². The summed E-state index contributed by atoms with van der Waals surface area (Å²) in [5.41, 5.74) is 0.599. The predicted molar refractivity (Wildman–Crippen MR) is 77.2 cm³/mol. The topological polar surface area (TPSA) is 102 Å². The summed E-state index contributed by atoms with van der Waals surface area (Å²) in [6.45, 7) is 1.65. The second-order valence-electron chi connectivity index (χ2n) is 4.18. The van der Waals surface area contributed by atoms with Gasteiger partial charge in [-0.25, -0.2) is 0 Å². The summed E-state index contributed by atoms with van der Waals surface area (Å²) in [6, 6.07) is 7.79. The first-order valence-electron chi connectivity index (χ1n) is 6.06. The molecule has 1 aromatic rings. The van der Waals surface area contributed by atoms with Crippen LogP contribution in [0.5, 0.6) is 0 Å². The van der Waals surface area contributed by atoms with Crippen LogP contribution in [0.2, 0.25) is 5.02 Å². The minimum Gasteiger partial charge on any atom is -0.480 e. The summed E-state index contributed by atoms with van der Waals surface area (Å²) in [5, 5.41) is 23.2. The largest absolute Gasteiger partial charge is 0.480 e. The van der Waals surface area contributed by atoms with Gasteiger partial charge in [0.25, 0.3) is 5.91 Å². The number of aliphatic carboxylic acids is 1. The van der Waals surface area contributed by atoms with Crippen LogP contribution in [0.3, 0.4) is 0 Å². The summed E-state index contributed by atoms with van der Waals surface area (Å²) in [7, 11) is 0. The number of nitrogens with zero attached hydrogens (tertiary/aromatic N) is 1. The lowest BCUT2D eigenvalue weighted by atomic mass is 10.2. The van der Waals surface area contributed by atoms with Gasteiger partial charge in [-0.1, -0.05) is 29.8 Å². The molecule has 110 valence electrons. The van der Waals surface area contributed by atoms with E-state index in [1.807, 2.05) is 12.1 Å². The highest BCUT2D eigenvalue weighted by atomic mass is 35.5. The van der Waals surface area contributed by atoms with Gasteiger partial charge < -0.3 is 15.7 Å². The molecule has 0 spiro atoms. The number of amides is 1. The molecule has 0 saturated carbocycles. The van der Waals surface area contributed by atoms with E-state index >= 15 is 0 Å². The van der Waals surface area contributed by atoms with Gasteiger partial charge in [0.1, 0.15) is 17.7 Å². The molecule has 0 fully saturated rings. The van der Waals surface area contributed by atoms with Crippen molar-refractivity contribution in [2.75, 3.05) is 0 Å². The fraction of sp³-hybridized carbons (Fsp3) is 0.214. The third kappa shape index (κ3) is 5.16. The van der Waals surface area contributed by atoms with Crippen molar-refractivity contribution in [2.45, 2.75) is 19.5 Å². The highest BCUT2D eigenvalue weighted by Crippen LogP contribution is 2.14. The number of nitrogens with one attached hydrogen (secondary N) is 2. The average Bonchev–Trinajstić information content (AvgIpc) is 2.45. The zero-order chi connectivity index (χ0) is 15.8. The summed E-state index contributed by atoms with van der Waals surface area (Å²) in [6.07, 6.45) is 1.23. The van der Waals surface area contributed by atoms with E-state index in [4.69, 9.17) is 22.0 Å². The molecule has 0 aliphatic carbocycles. The van der Waals surface area contributed by atoms with Crippen molar-refractivity contribution in [3.63, 3.8) is 0 Å². The molecule has 1 atom stereocenters. The SMILES string of the molecule is CC(NC(=O)/C(C#N)=C\NCc1ccccc1Cl)C(=O)O. The number of hydrogen-bond acceptors (Lipinski definition) is 4. The van der Waals surface area contributed by atoms with E-state index in [0.29, 0.717) is 11.6 Å². The molecule has 1 rings (SSSR count). The van der Waals surface area contributed by atoms with Crippen LogP contribution in [-0.2, 0) is 16.1 Å². The van der Waals surface area contributed by atoms with Crippen LogP contribution in [0, 0.1) is 11.3 Å². The van der Waals surface area contributed by atoms with Crippen molar-refractivity contribution >= 4 is 23.5 Å². The maximum atomic E-state index is 11.7. The molecule has 1 aromatic carbocycles. The van der Waals surface area contributed by atoms with Crippen molar-refractivity contribution in [1.82, 2.24) is 10.6 Å². The lowest BCUT2D eigenvalue weighted by molar-refractivity contribution is -0.140. The molecule has 1 amide bonds. The van der Waals surface area contributed by atoms with Gasteiger partial charge in [0.2, 0.25) is 0 Å².